The second-order valence-electron chi connectivity index (χ2n) is 5.52. The monoisotopic (exact) mass is 372 g/mol. The minimum Gasteiger partial charge on any atom is -0.494 e. The van der Waals surface area contributed by atoms with Gasteiger partial charge in [-0.25, -0.2) is 4.98 Å². The largest absolute Gasteiger partial charge is 0.494 e. The Hall–Kier alpha value is -2.05. The summed E-state index contributed by atoms with van der Waals surface area (Å²) in [6, 6.07) is 16.2. The molecule has 0 aliphatic heterocycles. The average molecular weight is 373 g/mol. The Morgan fingerprint density at radius 2 is 2.04 bits per heavy atom. The van der Waals surface area contributed by atoms with E-state index in [2.05, 4.69) is 34.6 Å². The topological polar surface area (TPSA) is 51.2 Å². The first kappa shape index (κ1) is 17.8. The van der Waals surface area contributed by atoms with Gasteiger partial charge in [0.25, 0.3) is 0 Å². The highest BCUT2D eigenvalue weighted by Crippen LogP contribution is 2.32. The van der Waals surface area contributed by atoms with Gasteiger partial charge in [0, 0.05) is 12.2 Å². The van der Waals surface area contributed by atoms with E-state index in [1.54, 1.807) is 7.11 Å². The standard InChI is InChI=1S/C19H20N2O2S2/c1-23-15-9-5-10-16-18(15)21-19(25-16)20-17(22)11-6-12-24-13-14-7-3-2-4-8-14/h2-5,7-10H,6,11-13H2,1H3,(H,20,21,22). The van der Waals surface area contributed by atoms with E-state index in [1.165, 1.54) is 16.9 Å². The maximum atomic E-state index is 12.1. The summed E-state index contributed by atoms with van der Waals surface area (Å²) in [6.45, 7) is 0. The van der Waals surface area contributed by atoms with Crippen LogP contribution in [0.25, 0.3) is 10.2 Å². The number of methoxy groups -OCH3 is 1. The Bertz CT molecular complexity index is 834. The molecule has 0 spiro atoms. The quantitative estimate of drug-likeness (QED) is 0.568. The molecule has 3 rings (SSSR count). The number of anilines is 1. The van der Waals surface area contributed by atoms with E-state index in [1.807, 2.05) is 36.0 Å². The highest BCUT2D eigenvalue weighted by atomic mass is 32.2. The van der Waals surface area contributed by atoms with E-state index in [9.17, 15) is 4.79 Å². The number of nitrogens with one attached hydrogen (secondary N) is 1. The first-order chi connectivity index (χ1) is 12.3. The predicted octanol–water partition coefficient (Wildman–Crippen LogP) is 4.96. The Morgan fingerprint density at radius 1 is 1.20 bits per heavy atom. The van der Waals surface area contributed by atoms with Crippen molar-refractivity contribution in [1.82, 2.24) is 4.98 Å². The molecule has 0 saturated carbocycles. The van der Waals surface area contributed by atoms with Crippen molar-refractivity contribution in [2.45, 2.75) is 18.6 Å². The van der Waals surface area contributed by atoms with Crippen LogP contribution >= 0.6 is 23.1 Å². The smallest absolute Gasteiger partial charge is 0.226 e. The molecule has 3 aromatic rings. The molecule has 1 N–H and O–H groups in total. The van der Waals surface area contributed by atoms with E-state index in [0.29, 0.717) is 11.6 Å². The third-order valence-corrected chi connectivity index (χ3v) is 5.70. The summed E-state index contributed by atoms with van der Waals surface area (Å²) in [5, 5.41) is 3.52. The molecular formula is C19H20N2O2S2. The summed E-state index contributed by atoms with van der Waals surface area (Å²) in [7, 11) is 1.62. The van der Waals surface area contributed by atoms with Crippen molar-refractivity contribution < 1.29 is 9.53 Å². The number of para-hydroxylation sites is 1. The van der Waals surface area contributed by atoms with Crippen LogP contribution in [0.3, 0.4) is 0 Å². The van der Waals surface area contributed by atoms with E-state index in [0.717, 1.165) is 33.9 Å². The Kier molecular flexibility index (Phi) is 6.30. The lowest BCUT2D eigenvalue weighted by molar-refractivity contribution is -0.116. The first-order valence-electron chi connectivity index (χ1n) is 8.11. The number of amides is 1. The van der Waals surface area contributed by atoms with E-state index in [4.69, 9.17) is 4.74 Å². The maximum Gasteiger partial charge on any atom is 0.226 e. The fourth-order valence-corrected chi connectivity index (χ4v) is 4.24. The molecule has 0 fully saturated rings. The summed E-state index contributed by atoms with van der Waals surface area (Å²) in [6.07, 6.45) is 1.37. The molecule has 1 amide bonds. The van der Waals surface area contributed by atoms with Gasteiger partial charge in [-0.3, -0.25) is 4.79 Å². The number of rotatable bonds is 8. The number of hydrogen-bond acceptors (Lipinski definition) is 5. The number of fused-ring (bicyclic) bond motifs is 1. The lowest BCUT2D eigenvalue weighted by Crippen LogP contribution is -2.11. The third kappa shape index (κ3) is 4.96. The number of carbonyl (C=O) groups is 1. The van der Waals surface area contributed by atoms with Gasteiger partial charge in [0.15, 0.2) is 5.13 Å². The fourth-order valence-electron chi connectivity index (χ4n) is 2.42. The highest BCUT2D eigenvalue weighted by molar-refractivity contribution is 7.98. The van der Waals surface area contributed by atoms with Crippen molar-refractivity contribution in [2.24, 2.45) is 0 Å². The van der Waals surface area contributed by atoms with Crippen LogP contribution in [-0.4, -0.2) is 23.8 Å². The van der Waals surface area contributed by atoms with Crippen LogP contribution < -0.4 is 10.1 Å². The molecular weight excluding hydrogens is 352 g/mol. The average Bonchev–Trinajstić information content (AvgIpc) is 3.04. The highest BCUT2D eigenvalue weighted by Gasteiger charge is 2.10. The Labute approximate surface area is 155 Å². The Morgan fingerprint density at radius 3 is 2.84 bits per heavy atom. The summed E-state index contributed by atoms with van der Waals surface area (Å²) in [4.78, 5) is 16.6. The second kappa shape index (κ2) is 8.87. The van der Waals surface area contributed by atoms with E-state index >= 15 is 0 Å². The van der Waals surface area contributed by atoms with Crippen LogP contribution in [0.5, 0.6) is 5.75 Å². The van der Waals surface area contributed by atoms with Crippen LogP contribution in [0.15, 0.2) is 48.5 Å². The molecule has 130 valence electrons. The minimum atomic E-state index is 0.0123. The number of nitrogens with zero attached hydrogens (tertiary/aromatic N) is 1. The molecule has 4 nitrogen and oxygen atoms in total. The van der Waals surface area contributed by atoms with Crippen molar-refractivity contribution in [3.63, 3.8) is 0 Å². The number of thiazole rings is 1. The predicted molar refractivity (Wildman–Crippen MR) is 107 cm³/mol. The van der Waals surface area contributed by atoms with Crippen LogP contribution in [0.1, 0.15) is 18.4 Å². The number of aromatic nitrogens is 1. The number of thioether (sulfide) groups is 1. The SMILES string of the molecule is COc1cccc2sc(NC(=O)CCCSCc3ccccc3)nc12. The molecule has 0 aliphatic carbocycles. The molecule has 0 atom stereocenters. The van der Waals surface area contributed by atoms with E-state index < -0.39 is 0 Å². The molecule has 0 aliphatic rings. The Balaban J connectivity index is 1.43. The molecule has 25 heavy (non-hydrogen) atoms. The van der Waals surface area contributed by atoms with Gasteiger partial charge in [0.05, 0.1) is 11.8 Å². The van der Waals surface area contributed by atoms with Gasteiger partial charge in [-0.1, -0.05) is 47.7 Å². The number of ether oxygens (including phenoxy) is 1. The van der Waals surface area contributed by atoms with Crippen LogP contribution in [-0.2, 0) is 10.5 Å². The van der Waals surface area contributed by atoms with Crippen molar-refractivity contribution in [3.8, 4) is 5.75 Å². The van der Waals surface area contributed by atoms with Crippen LogP contribution in [0, 0.1) is 0 Å². The minimum absolute atomic E-state index is 0.0123. The second-order valence-corrected chi connectivity index (χ2v) is 7.65. The van der Waals surface area contributed by atoms with Crippen molar-refractivity contribution in [1.29, 1.82) is 0 Å². The zero-order valence-corrected chi connectivity index (χ0v) is 15.7. The first-order valence-corrected chi connectivity index (χ1v) is 10.1. The van der Waals surface area contributed by atoms with Crippen molar-refractivity contribution in [3.05, 3.63) is 54.1 Å². The van der Waals surface area contributed by atoms with Gasteiger partial charge in [0.1, 0.15) is 11.3 Å². The van der Waals surface area contributed by atoms with Gasteiger partial charge in [-0.05, 0) is 29.9 Å². The lowest BCUT2D eigenvalue weighted by atomic mass is 10.2. The molecule has 0 unspecified atom stereocenters. The van der Waals surface area contributed by atoms with Crippen LogP contribution in [0.2, 0.25) is 0 Å². The maximum absolute atomic E-state index is 12.1. The van der Waals surface area contributed by atoms with Gasteiger partial charge in [-0.2, -0.15) is 11.8 Å². The zero-order valence-electron chi connectivity index (χ0n) is 14.0. The van der Waals surface area contributed by atoms with Crippen molar-refractivity contribution >= 4 is 44.4 Å². The molecule has 1 heterocycles. The normalized spacial score (nSPS) is 10.8. The lowest BCUT2D eigenvalue weighted by Gasteiger charge is -2.03. The third-order valence-electron chi connectivity index (χ3n) is 3.65. The molecule has 1 aromatic heterocycles. The molecule has 0 saturated heterocycles. The summed E-state index contributed by atoms with van der Waals surface area (Å²) < 4.78 is 6.31. The summed E-state index contributed by atoms with van der Waals surface area (Å²) >= 11 is 3.32. The number of carbonyl (C=O) groups excluding carboxylic acids is 1. The molecule has 6 heteroatoms. The van der Waals surface area contributed by atoms with Gasteiger partial charge in [0.2, 0.25) is 5.91 Å². The van der Waals surface area contributed by atoms with E-state index in [-0.39, 0.29) is 5.91 Å². The molecule has 2 aromatic carbocycles. The van der Waals surface area contributed by atoms with Crippen molar-refractivity contribution in [2.75, 3.05) is 18.2 Å². The van der Waals surface area contributed by atoms with Gasteiger partial charge < -0.3 is 10.1 Å². The summed E-state index contributed by atoms with van der Waals surface area (Å²) in [5.74, 6) is 2.70. The number of benzene rings is 2. The fraction of sp³-hybridized carbons (Fsp3) is 0.263. The molecule has 0 bridgehead atoms. The van der Waals surface area contributed by atoms with Gasteiger partial charge in [-0.15, -0.1) is 0 Å². The zero-order chi connectivity index (χ0) is 17.5. The van der Waals surface area contributed by atoms with Crippen LogP contribution in [0.4, 0.5) is 5.13 Å². The molecule has 0 radical (unpaired) electrons. The van der Waals surface area contributed by atoms with Gasteiger partial charge >= 0.3 is 0 Å². The summed E-state index contributed by atoms with van der Waals surface area (Å²) in [5.41, 5.74) is 2.11. The number of hydrogen-bond donors (Lipinski definition) is 1.